The lowest BCUT2D eigenvalue weighted by Crippen LogP contribution is -2.41. The molecule has 4 nitrogen and oxygen atoms in total. The molecule has 0 spiro atoms. The minimum Gasteiger partial charge on any atom is -0.378 e. The van der Waals surface area contributed by atoms with Crippen molar-refractivity contribution in [3.8, 4) is 0 Å². The fourth-order valence-electron chi connectivity index (χ4n) is 4.19. The van der Waals surface area contributed by atoms with Crippen LogP contribution in [0.2, 0.25) is 0 Å². The van der Waals surface area contributed by atoms with Gasteiger partial charge < -0.3 is 15.1 Å². The summed E-state index contributed by atoms with van der Waals surface area (Å²) < 4.78 is 0. The van der Waals surface area contributed by atoms with Crippen molar-refractivity contribution in [2.24, 2.45) is 16.8 Å². The van der Waals surface area contributed by atoms with E-state index >= 15 is 0 Å². The molecule has 2 unspecified atom stereocenters. The number of nitrogens with one attached hydrogen (secondary N) is 1. The summed E-state index contributed by atoms with van der Waals surface area (Å²) in [6, 6.07) is 8.83. The number of fused-ring (bicyclic) bond motifs is 1. The third-order valence-electron chi connectivity index (χ3n) is 5.64. The number of rotatable bonds is 4. The molecule has 2 atom stereocenters. The van der Waals surface area contributed by atoms with Gasteiger partial charge in [0.05, 0.1) is 0 Å². The lowest BCUT2D eigenvalue weighted by molar-refractivity contribution is 0.299. The van der Waals surface area contributed by atoms with Crippen LogP contribution in [0.3, 0.4) is 0 Å². The van der Waals surface area contributed by atoms with Gasteiger partial charge in [0, 0.05) is 46.5 Å². The smallest absolute Gasteiger partial charge is 0.193 e. The van der Waals surface area contributed by atoms with Gasteiger partial charge in [-0.3, -0.25) is 4.99 Å². The van der Waals surface area contributed by atoms with Crippen LogP contribution in [0.1, 0.15) is 31.2 Å². The van der Waals surface area contributed by atoms with Crippen LogP contribution in [0, 0.1) is 11.8 Å². The number of benzene rings is 1. The molecule has 0 amide bonds. The topological polar surface area (TPSA) is 30.9 Å². The third-order valence-corrected chi connectivity index (χ3v) is 5.64. The van der Waals surface area contributed by atoms with Gasteiger partial charge in [-0.15, -0.1) is 24.0 Å². The highest BCUT2D eigenvalue weighted by Crippen LogP contribution is 2.35. The minimum atomic E-state index is 0. The molecule has 2 fully saturated rings. The summed E-state index contributed by atoms with van der Waals surface area (Å²) in [5, 5.41) is 3.57. The largest absolute Gasteiger partial charge is 0.378 e. The summed E-state index contributed by atoms with van der Waals surface area (Å²) in [5.74, 6) is 2.89. The van der Waals surface area contributed by atoms with E-state index in [0.29, 0.717) is 0 Å². The van der Waals surface area contributed by atoms with Crippen LogP contribution in [0.15, 0.2) is 29.3 Å². The molecule has 0 bridgehead atoms. The van der Waals surface area contributed by atoms with Gasteiger partial charge in [0.25, 0.3) is 0 Å². The minimum absolute atomic E-state index is 0. The van der Waals surface area contributed by atoms with Crippen molar-refractivity contribution in [2.45, 2.75) is 32.1 Å². The second-order valence-corrected chi connectivity index (χ2v) is 7.49. The summed E-state index contributed by atoms with van der Waals surface area (Å²) in [4.78, 5) is 9.14. The molecule has 1 saturated carbocycles. The molecular formula is C20H33IN4. The Morgan fingerprint density at radius 1 is 1.12 bits per heavy atom. The lowest BCUT2D eigenvalue weighted by atomic mass is 9.82. The summed E-state index contributed by atoms with van der Waals surface area (Å²) in [6.45, 7) is 3.34. The maximum Gasteiger partial charge on any atom is 0.193 e. The van der Waals surface area contributed by atoms with Crippen LogP contribution in [0.5, 0.6) is 0 Å². The molecule has 0 aromatic heterocycles. The van der Waals surface area contributed by atoms with E-state index in [0.717, 1.165) is 30.8 Å². The Morgan fingerprint density at radius 3 is 2.24 bits per heavy atom. The lowest BCUT2D eigenvalue weighted by Gasteiger charge is -2.22. The van der Waals surface area contributed by atoms with Crippen LogP contribution in [0.25, 0.3) is 0 Å². The van der Waals surface area contributed by atoms with E-state index in [1.54, 1.807) is 0 Å². The summed E-state index contributed by atoms with van der Waals surface area (Å²) in [6.07, 6.45) is 6.70. The fourth-order valence-corrected chi connectivity index (χ4v) is 4.19. The standard InChI is InChI=1S/C20H32N4.HI/c1-21-20(24-14-17-6-4-5-7-18(17)15-24)22-13-12-16-8-10-19(11-9-16)23(2)3;/h8-11,17-18H,4-7,12-15H2,1-3H3,(H,21,22);1H. The highest BCUT2D eigenvalue weighted by molar-refractivity contribution is 14.0. The van der Waals surface area contributed by atoms with Crippen LogP contribution in [-0.2, 0) is 6.42 Å². The number of hydrogen-bond acceptors (Lipinski definition) is 2. The normalized spacial score (nSPS) is 23.0. The Balaban J connectivity index is 0.00000225. The van der Waals surface area contributed by atoms with Crippen LogP contribution in [0.4, 0.5) is 5.69 Å². The first-order valence-electron chi connectivity index (χ1n) is 9.39. The molecule has 1 heterocycles. The molecule has 1 aliphatic heterocycles. The number of likely N-dealkylation sites (tertiary alicyclic amines) is 1. The van der Waals surface area contributed by atoms with Gasteiger partial charge in [-0.25, -0.2) is 0 Å². The average Bonchev–Trinajstić information content (AvgIpc) is 3.03. The quantitative estimate of drug-likeness (QED) is 0.427. The second-order valence-electron chi connectivity index (χ2n) is 7.49. The number of nitrogens with zero attached hydrogens (tertiary/aromatic N) is 3. The number of anilines is 1. The molecule has 1 aromatic rings. The number of hydrogen-bond donors (Lipinski definition) is 1. The molecule has 3 rings (SSSR count). The Hall–Kier alpha value is -0.980. The zero-order valence-electron chi connectivity index (χ0n) is 15.9. The van der Waals surface area contributed by atoms with Crippen molar-refractivity contribution >= 4 is 35.6 Å². The van der Waals surface area contributed by atoms with E-state index in [1.165, 1.54) is 50.0 Å². The van der Waals surface area contributed by atoms with E-state index in [9.17, 15) is 0 Å². The van der Waals surface area contributed by atoms with Crippen molar-refractivity contribution in [3.05, 3.63) is 29.8 Å². The first-order chi connectivity index (χ1) is 11.7. The van der Waals surface area contributed by atoms with E-state index in [-0.39, 0.29) is 24.0 Å². The monoisotopic (exact) mass is 456 g/mol. The zero-order valence-corrected chi connectivity index (χ0v) is 18.2. The van der Waals surface area contributed by atoms with Crippen molar-refractivity contribution in [2.75, 3.05) is 45.7 Å². The highest BCUT2D eigenvalue weighted by Gasteiger charge is 2.35. The molecule has 140 valence electrons. The maximum absolute atomic E-state index is 4.52. The third kappa shape index (κ3) is 5.25. The van der Waals surface area contributed by atoms with Gasteiger partial charge in [0.1, 0.15) is 0 Å². The molecule has 0 radical (unpaired) electrons. The Kier molecular flexibility index (Phi) is 7.84. The molecule has 25 heavy (non-hydrogen) atoms. The van der Waals surface area contributed by atoms with Gasteiger partial charge >= 0.3 is 0 Å². The van der Waals surface area contributed by atoms with Gasteiger partial charge in [-0.2, -0.15) is 0 Å². The predicted molar refractivity (Wildman–Crippen MR) is 118 cm³/mol. The Bertz CT molecular complexity index is 541. The number of guanidine groups is 1. The molecule has 1 aliphatic carbocycles. The van der Waals surface area contributed by atoms with Crippen molar-refractivity contribution < 1.29 is 0 Å². The molecule has 1 N–H and O–H groups in total. The Labute approximate surface area is 170 Å². The summed E-state index contributed by atoms with van der Waals surface area (Å²) >= 11 is 0. The first kappa shape index (κ1) is 20.3. The van der Waals surface area contributed by atoms with Crippen molar-refractivity contribution in [3.63, 3.8) is 0 Å². The maximum atomic E-state index is 4.52. The highest BCUT2D eigenvalue weighted by atomic mass is 127. The zero-order chi connectivity index (χ0) is 16.9. The van der Waals surface area contributed by atoms with Gasteiger partial charge in [-0.1, -0.05) is 25.0 Å². The van der Waals surface area contributed by atoms with E-state index in [4.69, 9.17) is 0 Å². The summed E-state index contributed by atoms with van der Waals surface area (Å²) in [5.41, 5.74) is 2.63. The summed E-state index contributed by atoms with van der Waals surface area (Å²) in [7, 11) is 6.07. The molecule has 1 saturated heterocycles. The first-order valence-corrected chi connectivity index (χ1v) is 9.39. The van der Waals surface area contributed by atoms with Crippen LogP contribution < -0.4 is 10.2 Å². The average molecular weight is 456 g/mol. The molecule has 1 aromatic carbocycles. The van der Waals surface area contributed by atoms with E-state index in [2.05, 4.69) is 58.5 Å². The van der Waals surface area contributed by atoms with Gasteiger partial charge in [0.15, 0.2) is 5.96 Å². The van der Waals surface area contributed by atoms with Gasteiger partial charge in [-0.05, 0) is 48.8 Å². The van der Waals surface area contributed by atoms with Crippen molar-refractivity contribution in [1.82, 2.24) is 10.2 Å². The SMILES string of the molecule is CN=C(NCCc1ccc(N(C)C)cc1)N1CC2CCCCC2C1.I. The second kappa shape index (κ2) is 9.64. The van der Waals surface area contributed by atoms with Crippen LogP contribution in [-0.4, -0.2) is 51.6 Å². The van der Waals surface area contributed by atoms with E-state index in [1.807, 2.05) is 7.05 Å². The fraction of sp³-hybridized carbons (Fsp3) is 0.650. The van der Waals surface area contributed by atoms with E-state index < -0.39 is 0 Å². The van der Waals surface area contributed by atoms with Crippen LogP contribution >= 0.6 is 24.0 Å². The molecule has 2 aliphatic rings. The predicted octanol–water partition coefficient (Wildman–Crippen LogP) is 3.61. The van der Waals surface area contributed by atoms with Gasteiger partial charge in [0.2, 0.25) is 0 Å². The molecule has 5 heteroatoms. The van der Waals surface area contributed by atoms with Crippen molar-refractivity contribution in [1.29, 1.82) is 0 Å². The Morgan fingerprint density at radius 2 is 1.72 bits per heavy atom. The number of halogens is 1. The molecular weight excluding hydrogens is 423 g/mol. The number of aliphatic imine (C=N–C) groups is 1.